The van der Waals surface area contributed by atoms with E-state index in [4.69, 9.17) is 5.11 Å². The van der Waals surface area contributed by atoms with Crippen LogP contribution < -0.4 is 10.2 Å². The number of aliphatic hydroxyl groups excluding tert-OH is 1. The summed E-state index contributed by atoms with van der Waals surface area (Å²) in [7, 11) is 0. The number of nitrogens with zero attached hydrogens (tertiary/aromatic N) is 3. The maximum Gasteiger partial charge on any atom is 0.271 e. The first-order valence-corrected chi connectivity index (χ1v) is 6.20. The molecule has 6 heteroatoms. The lowest BCUT2D eigenvalue weighted by Crippen LogP contribution is -2.29. The van der Waals surface area contributed by atoms with Gasteiger partial charge in [-0.1, -0.05) is 6.92 Å². The maximum absolute atomic E-state index is 11.5. The summed E-state index contributed by atoms with van der Waals surface area (Å²) in [6.07, 6.45) is 0.958. The third-order valence-electron chi connectivity index (χ3n) is 2.41. The number of hydrogen-bond acceptors (Lipinski definition) is 5. The molecule has 1 amide bonds. The SMILES string of the molecule is CCCN(CCO)c1ccc(C(=O)NCC)nn1. The van der Waals surface area contributed by atoms with Gasteiger partial charge < -0.3 is 15.3 Å². The zero-order valence-corrected chi connectivity index (χ0v) is 10.9. The molecule has 1 rings (SSSR count). The van der Waals surface area contributed by atoms with Gasteiger partial charge in [0.15, 0.2) is 11.5 Å². The number of aromatic nitrogens is 2. The summed E-state index contributed by atoms with van der Waals surface area (Å²) in [4.78, 5) is 13.4. The number of rotatable bonds is 7. The van der Waals surface area contributed by atoms with Gasteiger partial charge in [-0.3, -0.25) is 4.79 Å². The first kappa shape index (κ1) is 14.4. The topological polar surface area (TPSA) is 78.4 Å². The van der Waals surface area contributed by atoms with Crippen molar-refractivity contribution in [3.8, 4) is 0 Å². The Labute approximate surface area is 107 Å². The fraction of sp³-hybridized carbons (Fsp3) is 0.583. The van der Waals surface area contributed by atoms with Crippen LogP contribution in [-0.2, 0) is 0 Å². The molecule has 0 aliphatic heterocycles. The number of aliphatic hydroxyl groups is 1. The van der Waals surface area contributed by atoms with Gasteiger partial charge in [-0.05, 0) is 25.5 Å². The summed E-state index contributed by atoms with van der Waals surface area (Å²) in [6.45, 7) is 5.86. The smallest absolute Gasteiger partial charge is 0.271 e. The predicted octanol–water partition coefficient (Wildman–Crippen LogP) is 0.435. The van der Waals surface area contributed by atoms with E-state index >= 15 is 0 Å². The van der Waals surface area contributed by atoms with E-state index in [2.05, 4.69) is 22.4 Å². The quantitative estimate of drug-likeness (QED) is 0.736. The molecule has 0 saturated carbocycles. The summed E-state index contributed by atoms with van der Waals surface area (Å²) >= 11 is 0. The maximum atomic E-state index is 11.5. The molecule has 6 nitrogen and oxygen atoms in total. The zero-order chi connectivity index (χ0) is 13.4. The van der Waals surface area contributed by atoms with Crippen LogP contribution in [0.15, 0.2) is 12.1 Å². The lowest BCUT2D eigenvalue weighted by molar-refractivity contribution is 0.0950. The molecule has 1 aromatic rings. The van der Waals surface area contributed by atoms with Crippen LogP contribution >= 0.6 is 0 Å². The van der Waals surface area contributed by atoms with Gasteiger partial charge in [0.25, 0.3) is 5.91 Å². The molecule has 100 valence electrons. The van der Waals surface area contributed by atoms with E-state index in [0.29, 0.717) is 24.6 Å². The van der Waals surface area contributed by atoms with Gasteiger partial charge in [0.05, 0.1) is 6.61 Å². The highest BCUT2D eigenvalue weighted by Crippen LogP contribution is 2.09. The zero-order valence-electron chi connectivity index (χ0n) is 10.9. The summed E-state index contributed by atoms with van der Waals surface area (Å²) in [5.74, 6) is 0.458. The Kier molecular flexibility index (Phi) is 6.07. The molecule has 0 saturated heterocycles. The fourth-order valence-corrected chi connectivity index (χ4v) is 1.60. The predicted molar refractivity (Wildman–Crippen MR) is 69.6 cm³/mol. The molecule has 1 heterocycles. The lowest BCUT2D eigenvalue weighted by Gasteiger charge is -2.21. The van der Waals surface area contributed by atoms with Crippen LogP contribution in [0, 0.1) is 0 Å². The lowest BCUT2D eigenvalue weighted by atomic mass is 10.3. The van der Waals surface area contributed by atoms with Crippen LogP contribution in [0.4, 0.5) is 5.82 Å². The highest BCUT2D eigenvalue weighted by atomic mass is 16.3. The average Bonchev–Trinajstić information content (AvgIpc) is 2.39. The van der Waals surface area contributed by atoms with E-state index in [1.807, 2.05) is 11.8 Å². The van der Waals surface area contributed by atoms with Crippen LogP contribution in [0.3, 0.4) is 0 Å². The molecular weight excluding hydrogens is 232 g/mol. The molecular formula is C12H20N4O2. The van der Waals surface area contributed by atoms with Crippen LogP contribution in [0.1, 0.15) is 30.8 Å². The van der Waals surface area contributed by atoms with E-state index in [1.54, 1.807) is 12.1 Å². The molecule has 0 atom stereocenters. The van der Waals surface area contributed by atoms with Crippen LogP contribution in [0.2, 0.25) is 0 Å². The van der Waals surface area contributed by atoms with Gasteiger partial charge in [-0.2, -0.15) is 0 Å². The van der Waals surface area contributed by atoms with Crippen molar-refractivity contribution < 1.29 is 9.90 Å². The molecule has 0 aliphatic carbocycles. The minimum Gasteiger partial charge on any atom is -0.395 e. The second-order valence-electron chi connectivity index (χ2n) is 3.85. The number of carbonyl (C=O) groups excluding carboxylic acids is 1. The minimum absolute atomic E-state index is 0.0692. The fourth-order valence-electron chi connectivity index (χ4n) is 1.60. The Balaban J connectivity index is 2.76. The van der Waals surface area contributed by atoms with Gasteiger partial charge in [0, 0.05) is 19.6 Å². The summed E-state index contributed by atoms with van der Waals surface area (Å²) < 4.78 is 0. The van der Waals surface area contributed by atoms with Gasteiger partial charge in [0.1, 0.15) is 0 Å². The monoisotopic (exact) mass is 252 g/mol. The third-order valence-corrected chi connectivity index (χ3v) is 2.41. The van der Waals surface area contributed by atoms with E-state index in [0.717, 1.165) is 13.0 Å². The Morgan fingerprint density at radius 2 is 2.11 bits per heavy atom. The summed E-state index contributed by atoms with van der Waals surface area (Å²) in [5.41, 5.74) is 0.307. The number of hydrogen-bond donors (Lipinski definition) is 2. The van der Waals surface area contributed by atoms with Crippen LogP contribution in [-0.4, -0.2) is 47.5 Å². The van der Waals surface area contributed by atoms with E-state index in [-0.39, 0.29) is 12.5 Å². The number of amides is 1. The second kappa shape index (κ2) is 7.60. The molecule has 0 aromatic carbocycles. The average molecular weight is 252 g/mol. The number of carbonyl (C=O) groups is 1. The molecule has 18 heavy (non-hydrogen) atoms. The van der Waals surface area contributed by atoms with Crippen LogP contribution in [0.5, 0.6) is 0 Å². The Bertz CT molecular complexity index is 361. The van der Waals surface area contributed by atoms with Crippen molar-refractivity contribution in [3.63, 3.8) is 0 Å². The van der Waals surface area contributed by atoms with Gasteiger partial charge in [0.2, 0.25) is 0 Å². The van der Waals surface area contributed by atoms with E-state index in [1.165, 1.54) is 0 Å². The molecule has 0 unspecified atom stereocenters. The van der Waals surface area contributed by atoms with Crippen molar-refractivity contribution in [1.82, 2.24) is 15.5 Å². The van der Waals surface area contributed by atoms with E-state index in [9.17, 15) is 4.79 Å². The largest absolute Gasteiger partial charge is 0.395 e. The van der Waals surface area contributed by atoms with Gasteiger partial charge in [-0.15, -0.1) is 10.2 Å². The molecule has 0 fully saturated rings. The minimum atomic E-state index is -0.222. The van der Waals surface area contributed by atoms with Crippen molar-refractivity contribution in [1.29, 1.82) is 0 Å². The van der Waals surface area contributed by atoms with Crippen molar-refractivity contribution in [2.75, 3.05) is 31.1 Å². The molecule has 2 N–H and O–H groups in total. The normalized spacial score (nSPS) is 10.2. The van der Waals surface area contributed by atoms with Crippen molar-refractivity contribution in [2.24, 2.45) is 0 Å². The van der Waals surface area contributed by atoms with Crippen LogP contribution in [0.25, 0.3) is 0 Å². The Morgan fingerprint density at radius 1 is 1.33 bits per heavy atom. The molecule has 0 aliphatic rings. The molecule has 0 radical (unpaired) electrons. The van der Waals surface area contributed by atoms with Crippen molar-refractivity contribution in [3.05, 3.63) is 17.8 Å². The highest BCUT2D eigenvalue weighted by Gasteiger charge is 2.10. The first-order chi connectivity index (χ1) is 8.72. The van der Waals surface area contributed by atoms with Crippen molar-refractivity contribution >= 4 is 11.7 Å². The van der Waals surface area contributed by atoms with E-state index < -0.39 is 0 Å². The molecule has 1 aromatic heterocycles. The third kappa shape index (κ3) is 3.96. The summed E-state index contributed by atoms with van der Waals surface area (Å²) in [6, 6.07) is 3.40. The molecule has 0 spiro atoms. The number of nitrogens with one attached hydrogen (secondary N) is 1. The van der Waals surface area contributed by atoms with Crippen molar-refractivity contribution in [2.45, 2.75) is 20.3 Å². The Hall–Kier alpha value is -1.69. The summed E-state index contributed by atoms with van der Waals surface area (Å²) in [5, 5.41) is 19.6. The standard InChI is InChI=1S/C12H20N4O2/c1-3-7-16(8-9-17)11-6-5-10(14-15-11)12(18)13-4-2/h5-6,17H,3-4,7-9H2,1-2H3,(H,13,18). The second-order valence-corrected chi connectivity index (χ2v) is 3.85. The number of anilines is 1. The molecule has 0 bridgehead atoms. The highest BCUT2D eigenvalue weighted by molar-refractivity contribution is 5.92. The Morgan fingerprint density at radius 3 is 2.61 bits per heavy atom. The van der Waals surface area contributed by atoms with Gasteiger partial charge in [-0.25, -0.2) is 0 Å². The first-order valence-electron chi connectivity index (χ1n) is 6.20. The van der Waals surface area contributed by atoms with Gasteiger partial charge >= 0.3 is 0 Å².